The number of benzene rings is 2. The molecule has 1 aromatic heterocycles. The van der Waals surface area contributed by atoms with Gasteiger partial charge in [0.15, 0.2) is 0 Å². The molecule has 0 saturated carbocycles. The Balaban J connectivity index is 1.98. The van der Waals surface area contributed by atoms with Crippen molar-refractivity contribution in [2.45, 2.75) is 6.61 Å². The molecule has 122 valence electrons. The van der Waals surface area contributed by atoms with Gasteiger partial charge in [0.2, 0.25) is 0 Å². The SMILES string of the molecule is O=C(O)c1ccc2c(c1)/C(=N\c1cccnc1)c1ccccc1CO2. The highest BCUT2D eigenvalue weighted by molar-refractivity contribution is 6.17. The van der Waals surface area contributed by atoms with Crippen molar-refractivity contribution in [1.29, 1.82) is 0 Å². The Morgan fingerprint density at radius 3 is 2.76 bits per heavy atom. The molecule has 0 amide bonds. The number of hydrogen-bond donors (Lipinski definition) is 1. The summed E-state index contributed by atoms with van der Waals surface area (Å²) in [6.07, 6.45) is 3.35. The van der Waals surface area contributed by atoms with Crippen LogP contribution in [0.5, 0.6) is 5.75 Å². The zero-order chi connectivity index (χ0) is 17.2. The van der Waals surface area contributed by atoms with Gasteiger partial charge >= 0.3 is 5.97 Å². The van der Waals surface area contributed by atoms with E-state index in [2.05, 4.69) is 4.98 Å². The van der Waals surface area contributed by atoms with E-state index in [0.29, 0.717) is 29.3 Å². The van der Waals surface area contributed by atoms with Crippen LogP contribution >= 0.6 is 0 Å². The Morgan fingerprint density at radius 1 is 1.08 bits per heavy atom. The number of pyridine rings is 1. The Hall–Kier alpha value is -3.47. The number of carboxylic acid groups (broad SMARTS) is 1. The Morgan fingerprint density at radius 2 is 1.96 bits per heavy atom. The number of rotatable bonds is 2. The van der Waals surface area contributed by atoms with Crippen LogP contribution in [0.2, 0.25) is 0 Å². The lowest BCUT2D eigenvalue weighted by atomic mass is 9.96. The van der Waals surface area contributed by atoms with E-state index in [1.54, 1.807) is 30.6 Å². The van der Waals surface area contributed by atoms with Crippen LogP contribution in [-0.2, 0) is 6.61 Å². The zero-order valence-corrected chi connectivity index (χ0v) is 13.2. The van der Waals surface area contributed by atoms with Gasteiger partial charge in [0.25, 0.3) is 0 Å². The van der Waals surface area contributed by atoms with Crippen molar-refractivity contribution in [3.8, 4) is 5.75 Å². The van der Waals surface area contributed by atoms with E-state index in [1.165, 1.54) is 0 Å². The maximum atomic E-state index is 11.4. The molecule has 5 heteroatoms. The van der Waals surface area contributed by atoms with Gasteiger partial charge in [0.05, 0.1) is 23.2 Å². The molecule has 1 aliphatic rings. The molecule has 2 heterocycles. The summed E-state index contributed by atoms with van der Waals surface area (Å²) in [7, 11) is 0. The lowest BCUT2D eigenvalue weighted by Crippen LogP contribution is -2.06. The normalized spacial score (nSPS) is 14.2. The maximum absolute atomic E-state index is 11.4. The van der Waals surface area contributed by atoms with Gasteiger partial charge in [-0.05, 0) is 35.9 Å². The number of hydrogen-bond acceptors (Lipinski definition) is 4. The number of carbonyl (C=O) groups is 1. The molecule has 1 aliphatic heterocycles. The molecule has 5 nitrogen and oxygen atoms in total. The largest absolute Gasteiger partial charge is 0.488 e. The lowest BCUT2D eigenvalue weighted by Gasteiger charge is -2.10. The third-order valence-electron chi connectivity index (χ3n) is 4.02. The molecule has 2 aromatic carbocycles. The first-order valence-corrected chi connectivity index (χ1v) is 7.80. The summed E-state index contributed by atoms with van der Waals surface area (Å²) in [5, 5.41) is 9.34. The minimum absolute atomic E-state index is 0.195. The molecule has 0 atom stereocenters. The van der Waals surface area contributed by atoms with E-state index >= 15 is 0 Å². The highest BCUT2D eigenvalue weighted by Gasteiger charge is 2.22. The van der Waals surface area contributed by atoms with Crippen LogP contribution in [0, 0.1) is 0 Å². The van der Waals surface area contributed by atoms with Crippen LogP contribution in [0.4, 0.5) is 5.69 Å². The number of nitrogens with zero attached hydrogens (tertiary/aromatic N) is 2. The number of aromatic nitrogens is 1. The Bertz CT molecular complexity index is 981. The maximum Gasteiger partial charge on any atom is 0.335 e. The average Bonchev–Trinajstić information content (AvgIpc) is 2.80. The van der Waals surface area contributed by atoms with Crippen molar-refractivity contribution >= 4 is 17.4 Å². The van der Waals surface area contributed by atoms with Gasteiger partial charge in [-0.3, -0.25) is 4.98 Å². The van der Waals surface area contributed by atoms with Crippen molar-refractivity contribution in [2.75, 3.05) is 0 Å². The van der Waals surface area contributed by atoms with E-state index in [4.69, 9.17) is 9.73 Å². The van der Waals surface area contributed by atoms with Crippen LogP contribution in [0.15, 0.2) is 72.0 Å². The highest BCUT2D eigenvalue weighted by Crippen LogP contribution is 2.31. The standard InChI is InChI=1S/C20H14N2O3/c23-20(24)13-7-8-18-17(10-13)19(22-15-5-3-9-21-11-15)16-6-2-1-4-14(16)12-25-18/h1-11H,12H2,(H,23,24)/b22-19-. The summed E-state index contributed by atoms with van der Waals surface area (Å²) in [5.74, 6) is -0.370. The molecule has 0 unspecified atom stereocenters. The Kier molecular flexibility index (Phi) is 3.74. The van der Waals surface area contributed by atoms with E-state index in [-0.39, 0.29) is 5.56 Å². The minimum atomic E-state index is -0.985. The quantitative estimate of drug-likeness (QED) is 0.775. The summed E-state index contributed by atoms with van der Waals surface area (Å²) in [5.41, 5.74) is 4.15. The summed E-state index contributed by atoms with van der Waals surface area (Å²) in [6.45, 7) is 0.404. The van der Waals surface area contributed by atoms with E-state index in [1.807, 2.05) is 36.4 Å². The van der Waals surface area contributed by atoms with Crippen LogP contribution in [-0.4, -0.2) is 21.8 Å². The topological polar surface area (TPSA) is 71.8 Å². The monoisotopic (exact) mass is 330 g/mol. The van der Waals surface area contributed by atoms with Crippen LogP contribution in [0.25, 0.3) is 0 Å². The first kappa shape index (κ1) is 15.1. The molecular weight excluding hydrogens is 316 g/mol. The van der Waals surface area contributed by atoms with E-state index < -0.39 is 5.97 Å². The number of ether oxygens (including phenoxy) is 1. The fourth-order valence-electron chi connectivity index (χ4n) is 2.82. The third kappa shape index (κ3) is 2.87. The Labute approximate surface area is 144 Å². The fourth-order valence-corrected chi connectivity index (χ4v) is 2.82. The van der Waals surface area contributed by atoms with Gasteiger partial charge in [0.1, 0.15) is 12.4 Å². The number of aromatic carboxylic acids is 1. The smallest absolute Gasteiger partial charge is 0.335 e. The second-order valence-electron chi connectivity index (χ2n) is 5.63. The molecule has 0 radical (unpaired) electrons. The van der Waals surface area contributed by atoms with Crippen LogP contribution in [0.3, 0.4) is 0 Å². The summed E-state index contributed by atoms with van der Waals surface area (Å²) in [6, 6.07) is 16.3. The number of carboxylic acids is 1. The van der Waals surface area contributed by atoms with E-state index in [9.17, 15) is 9.90 Å². The molecule has 3 aromatic rings. The molecular formula is C20H14N2O3. The van der Waals surface area contributed by atoms with Crippen molar-refractivity contribution in [3.05, 3.63) is 89.2 Å². The molecule has 0 bridgehead atoms. The molecule has 0 aliphatic carbocycles. The molecule has 0 saturated heterocycles. The molecule has 0 spiro atoms. The lowest BCUT2D eigenvalue weighted by molar-refractivity contribution is 0.0697. The van der Waals surface area contributed by atoms with Crippen molar-refractivity contribution in [2.24, 2.45) is 4.99 Å². The van der Waals surface area contributed by atoms with Crippen molar-refractivity contribution < 1.29 is 14.6 Å². The minimum Gasteiger partial charge on any atom is -0.488 e. The highest BCUT2D eigenvalue weighted by atomic mass is 16.5. The predicted molar refractivity (Wildman–Crippen MR) is 93.7 cm³/mol. The van der Waals surface area contributed by atoms with Gasteiger partial charge < -0.3 is 9.84 Å². The van der Waals surface area contributed by atoms with Gasteiger partial charge in [-0.1, -0.05) is 24.3 Å². The van der Waals surface area contributed by atoms with Crippen molar-refractivity contribution in [1.82, 2.24) is 4.98 Å². The zero-order valence-electron chi connectivity index (χ0n) is 13.2. The molecule has 4 rings (SSSR count). The van der Waals surface area contributed by atoms with Crippen LogP contribution in [0.1, 0.15) is 27.0 Å². The molecule has 25 heavy (non-hydrogen) atoms. The van der Waals surface area contributed by atoms with Crippen LogP contribution < -0.4 is 4.74 Å². The van der Waals surface area contributed by atoms with Crippen molar-refractivity contribution in [3.63, 3.8) is 0 Å². The first-order chi connectivity index (χ1) is 12.2. The predicted octanol–water partition coefficient (Wildman–Crippen LogP) is 3.84. The summed E-state index contributed by atoms with van der Waals surface area (Å²) >= 11 is 0. The fraction of sp³-hybridized carbons (Fsp3) is 0.0500. The first-order valence-electron chi connectivity index (χ1n) is 7.80. The van der Waals surface area contributed by atoms with Gasteiger partial charge in [0, 0.05) is 17.3 Å². The summed E-state index contributed by atoms with van der Waals surface area (Å²) < 4.78 is 5.89. The molecule has 0 fully saturated rings. The third-order valence-corrected chi connectivity index (χ3v) is 4.02. The summed E-state index contributed by atoms with van der Waals surface area (Å²) in [4.78, 5) is 20.2. The van der Waals surface area contributed by atoms with E-state index in [0.717, 1.165) is 11.1 Å². The number of fused-ring (bicyclic) bond motifs is 2. The van der Waals surface area contributed by atoms with Gasteiger partial charge in [-0.15, -0.1) is 0 Å². The average molecular weight is 330 g/mol. The molecule has 1 N–H and O–H groups in total. The van der Waals surface area contributed by atoms with Gasteiger partial charge in [-0.2, -0.15) is 0 Å². The second-order valence-corrected chi connectivity index (χ2v) is 5.63. The van der Waals surface area contributed by atoms with Gasteiger partial charge in [-0.25, -0.2) is 9.79 Å². The second kappa shape index (κ2) is 6.20. The number of aliphatic imine (C=N–C) groups is 1.